The van der Waals surface area contributed by atoms with Gasteiger partial charge in [-0.2, -0.15) is 10.1 Å². The predicted octanol–water partition coefficient (Wildman–Crippen LogP) is 3.21. The minimum absolute atomic E-state index is 0.110. The van der Waals surface area contributed by atoms with Crippen LogP contribution in [0.1, 0.15) is 21.9 Å². The Labute approximate surface area is 165 Å². The summed E-state index contributed by atoms with van der Waals surface area (Å²) in [5.41, 5.74) is 2.72. The molecule has 4 aromatic rings. The van der Waals surface area contributed by atoms with E-state index >= 15 is 0 Å². The molecular formula is C19H15ClN6O2. The molecular weight excluding hydrogens is 380 g/mol. The maximum absolute atomic E-state index is 12.5. The maximum Gasteiger partial charge on any atom is 0.255 e. The van der Waals surface area contributed by atoms with Crippen LogP contribution in [0.3, 0.4) is 0 Å². The van der Waals surface area contributed by atoms with Crippen LogP contribution in [0.4, 0.5) is 0 Å². The first-order chi connectivity index (χ1) is 13.6. The second kappa shape index (κ2) is 7.61. The van der Waals surface area contributed by atoms with Gasteiger partial charge in [-0.3, -0.25) is 9.78 Å². The largest absolute Gasteiger partial charge is 0.343 e. The van der Waals surface area contributed by atoms with E-state index in [0.29, 0.717) is 28.0 Å². The van der Waals surface area contributed by atoms with Crippen LogP contribution >= 0.6 is 11.6 Å². The van der Waals surface area contributed by atoms with Crippen molar-refractivity contribution in [1.29, 1.82) is 0 Å². The molecule has 28 heavy (non-hydrogen) atoms. The van der Waals surface area contributed by atoms with Crippen LogP contribution in [0.5, 0.6) is 0 Å². The van der Waals surface area contributed by atoms with Crippen LogP contribution in [0.2, 0.25) is 5.02 Å². The van der Waals surface area contributed by atoms with Gasteiger partial charge in [0, 0.05) is 23.0 Å². The van der Waals surface area contributed by atoms with Crippen molar-refractivity contribution >= 4 is 17.5 Å². The first kappa shape index (κ1) is 17.9. The van der Waals surface area contributed by atoms with Crippen molar-refractivity contribution < 1.29 is 9.32 Å². The second-order valence-corrected chi connectivity index (χ2v) is 6.40. The van der Waals surface area contributed by atoms with Crippen molar-refractivity contribution in [2.75, 3.05) is 0 Å². The highest BCUT2D eigenvalue weighted by atomic mass is 35.5. The van der Waals surface area contributed by atoms with Gasteiger partial charge in [-0.1, -0.05) is 22.8 Å². The summed E-state index contributed by atoms with van der Waals surface area (Å²) in [4.78, 5) is 20.8. The van der Waals surface area contributed by atoms with E-state index in [-0.39, 0.29) is 12.5 Å². The van der Waals surface area contributed by atoms with Gasteiger partial charge in [-0.05, 0) is 37.3 Å². The van der Waals surface area contributed by atoms with Gasteiger partial charge in [0.15, 0.2) is 0 Å². The van der Waals surface area contributed by atoms with E-state index in [1.54, 1.807) is 41.3 Å². The van der Waals surface area contributed by atoms with Crippen molar-refractivity contribution in [3.63, 3.8) is 0 Å². The average molecular weight is 395 g/mol. The molecule has 0 saturated heterocycles. The van der Waals surface area contributed by atoms with Crippen LogP contribution in [-0.4, -0.2) is 30.8 Å². The lowest BCUT2D eigenvalue weighted by molar-refractivity contribution is 0.0945. The zero-order valence-electron chi connectivity index (χ0n) is 14.8. The average Bonchev–Trinajstić information content (AvgIpc) is 3.34. The zero-order chi connectivity index (χ0) is 19.5. The predicted molar refractivity (Wildman–Crippen MR) is 102 cm³/mol. The van der Waals surface area contributed by atoms with Crippen LogP contribution in [-0.2, 0) is 6.54 Å². The van der Waals surface area contributed by atoms with E-state index in [9.17, 15) is 4.79 Å². The summed E-state index contributed by atoms with van der Waals surface area (Å²) in [6.45, 7) is 1.93. The highest BCUT2D eigenvalue weighted by Gasteiger charge is 2.16. The van der Waals surface area contributed by atoms with Gasteiger partial charge >= 0.3 is 0 Å². The summed E-state index contributed by atoms with van der Waals surface area (Å²) in [6, 6.07) is 10.8. The van der Waals surface area contributed by atoms with Crippen molar-refractivity contribution in [3.05, 3.63) is 77.2 Å². The third-order valence-electron chi connectivity index (χ3n) is 4.11. The molecule has 140 valence electrons. The first-order valence-corrected chi connectivity index (χ1v) is 8.81. The van der Waals surface area contributed by atoms with E-state index in [0.717, 1.165) is 11.3 Å². The van der Waals surface area contributed by atoms with Gasteiger partial charge in [0.1, 0.15) is 0 Å². The number of aromatic nitrogens is 5. The Hall–Kier alpha value is -3.52. The Kier molecular flexibility index (Phi) is 4.86. The fourth-order valence-corrected chi connectivity index (χ4v) is 2.88. The van der Waals surface area contributed by atoms with E-state index in [1.165, 1.54) is 6.20 Å². The number of hydrogen-bond acceptors (Lipinski definition) is 6. The van der Waals surface area contributed by atoms with Crippen LogP contribution in [0.15, 0.2) is 59.5 Å². The Morgan fingerprint density at radius 3 is 2.86 bits per heavy atom. The molecule has 3 heterocycles. The topological polar surface area (TPSA) is 98.7 Å². The number of halogens is 1. The lowest BCUT2D eigenvalue weighted by atomic mass is 10.2. The molecule has 0 fully saturated rings. The van der Waals surface area contributed by atoms with Gasteiger partial charge in [-0.25, -0.2) is 4.68 Å². The van der Waals surface area contributed by atoms with E-state index in [4.69, 9.17) is 16.1 Å². The Bertz CT molecular complexity index is 1120. The molecule has 0 aliphatic carbocycles. The highest BCUT2D eigenvalue weighted by Crippen LogP contribution is 2.18. The minimum atomic E-state index is -0.283. The summed E-state index contributed by atoms with van der Waals surface area (Å²) in [5.74, 6) is 0.464. The minimum Gasteiger partial charge on any atom is -0.343 e. The first-order valence-electron chi connectivity index (χ1n) is 8.43. The van der Waals surface area contributed by atoms with Crippen molar-refractivity contribution in [2.24, 2.45) is 0 Å². The number of benzene rings is 1. The highest BCUT2D eigenvalue weighted by molar-refractivity contribution is 6.30. The standard InChI is InChI=1S/C19H15ClN6O2/c1-12-16(10-23-26(12)15-4-2-3-14(20)9-15)19(27)22-11-17-24-18(25-28-17)13-5-7-21-8-6-13/h2-10H,11H2,1H3,(H,22,27). The number of nitrogens with zero attached hydrogens (tertiary/aromatic N) is 5. The summed E-state index contributed by atoms with van der Waals surface area (Å²) in [5, 5.41) is 11.6. The molecule has 4 rings (SSSR count). The molecule has 1 N–H and O–H groups in total. The molecule has 0 aliphatic heterocycles. The van der Waals surface area contributed by atoms with Gasteiger partial charge in [-0.15, -0.1) is 0 Å². The van der Waals surface area contributed by atoms with Crippen LogP contribution in [0, 0.1) is 6.92 Å². The summed E-state index contributed by atoms with van der Waals surface area (Å²) in [7, 11) is 0. The monoisotopic (exact) mass is 394 g/mol. The number of hydrogen-bond donors (Lipinski definition) is 1. The zero-order valence-corrected chi connectivity index (χ0v) is 15.6. The van der Waals surface area contributed by atoms with Crippen molar-refractivity contribution in [2.45, 2.75) is 13.5 Å². The lowest BCUT2D eigenvalue weighted by Gasteiger charge is -2.06. The molecule has 0 saturated carbocycles. The molecule has 1 aromatic carbocycles. The number of pyridine rings is 1. The molecule has 9 heteroatoms. The SMILES string of the molecule is Cc1c(C(=O)NCc2nc(-c3ccncc3)no2)cnn1-c1cccc(Cl)c1. The quantitative estimate of drug-likeness (QED) is 0.558. The van der Waals surface area contributed by atoms with Crippen molar-refractivity contribution in [3.8, 4) is 17.1 Å². The van der Waals surface area contributed by atoms with E-state index in [2.05, 4.69) is 25.5 Å². The van der Waals surface area contributed by atoms with Crippen LogP contribution in [0.25, 0.3) is 17.1 Å². The molecule has 0 aliphatic rings. The maximum atomic E-state index is 12.5. The van der Waals surface area contributed by atoms with E-state index < -0.39 is 0 Å². The van der Waals surface area contributed by atoms with Crippen LogP contribution < -0.4 is 5.32 Å². The molecule has 0 unspecified atom stereocenters. The molecule has 0 radical (unpaired) electrons. The lowest BCUT2D eigenvalue weighted by Crippen LogP contribution is -2.23. The summed E-state index contributed by atoms with van der Waals surface area (Å²) in [6.07, 6.45) is 4.81. The summed E-state index contributed by atoms with van der Waals surface area (Å²) >= 11 is 6.03. The summed E-state index contributed by atoms with van der Waals surface area (Å²) < 4.78 is 6.85. The molecule has 1 amide bonds. The number of carbonyl (C=O) groups is 1. The fraction of sp³-hybridized carbons (Fsp3) is 0.105. The Balaban J connectivity index is 1.46. The third-order valence-corrected chi connectivity index (χ3v) is 4.35. The number of carbonyl (C=O) groups excluding carboxylic acids is 1. The van der Waals surface area contributed by atoms with Gasteiger partial charge in [0.05, 0.1) is 29.7 Å². The molecule has 8 nitrogen and oxygen atoms in total. The number of rotatable bonds is 5. The van der Waals surface area contributed by atoms with Gasteiger partial charge < -0.3 is 9.84 Å². The number of nitrogens with one attached hydrogen (secondary N) is 1. The number of amides is 1. The smallest absolute Gasteiger partial charge is 0.255 e. The third kappa shape index (κ3) is 3.63. The Morgan fingerprint density at radius 2 is 2.07 bits per heavy atom. The molecule has 0 atom stereocenters. The molecule has 0 spiro atoms. The normalized spacial score (nSPS) is 10.8. The van der Waals surface area contributed by atoms with Gasteiger partial charge in [0.2, 0.25) is 11.7 Å². The van der Waals surface area contributed by atoms with Gasteiger partial charge in [0.25, 0.3) is 5.91 Å². The van der Waals surface area contributed by atoms with E-state index in [1.807, 2.05) is 19.1 Å². The second-order valence-electron chi connectivity index (χ2n) is 5.97. The molecule has 0 bridgehead atoms. The Morgan fingerprint density at radius 1 is 1.25 bits per heavy atom. The molecule has 3 aromatic heterocycles. The van der Waals surface area contributed by atoms with Crippen molar-refractivity contribution in [1.82, 2.24) is 30.2 Å². The fourth-order valence-electron chi connectivity index (χ4n) is 2.70.